The molecule has 0 N–H and O–H groups in total. The van der Waals surface area contributed by atoms with Crippen molar-refractivity contribution in [2.24, 2.45) is 0 Å². The average Bonchev–Trinajstić information content (AvgIpc) is 2.07. The van der Waals surface area contributed by atoms with E-state index in [0.717, 1.165) is 13.0 Å². The van der Waals surface area contributed by atoms with Crippen molar-refractivity contribution in [3.05, 3.63) is 11.6 Å². The Morgan fingerprint density at radius 2 is 2.18 bits per heavy atom. The SMILES string of the molecule is COCCC=C1CCSCC1. The van der Waals surface area contributed by atoms with Crippen molar-refractivity contribution in [2.75, 3.05) is 25.2 Å². The highest BCUT2D eigenvalue weighted by Crippen LogP contribution is 2.21. The molecule has 0 aromatic carbocycles. The van der Waals surface area contributed by atoms with Crippen molar-refractivity contribution in [1.82, 2.24) is 0 Å². The maximum absolute atomic E-state index is 4.98. The quantitative estimate of drug-likeness (QED) is 0.478. The first-order valence-electron chi connectivity index (χ1n) is 4.18. The Balaban J connectivity index is 2.15. The Hall–Kier alpha value is 0.0500. The minimum atomic E-state index is 0.872. The van der Waals surface area contributed by atoms with Crippen LogP contribution in [0.5, 0.6) is 0 Å². The number of methoxy groups -OCH3 is 1. The van der Waals surface area contributed by atoms with Gasteiger partial charge in [0.2, 0.25) is 0 Å². The summed E-state index contributed by atoms with van der Waals surface area (Å²) >= 11 is 2.07. The lowest BCUT2D eigenvalue weighted by molar-refractivity contribution is 0.204. The lowest BCUT2D eigenvalue weighted by atomic mass is 10.1. The summed E-state index contributed by atoms with van der Waals surface area (Å²) < 4.78 is 4.98. The van der Waals surface area contributed by atoms with Crippen molar-refractivity contribution >= 4 is 11.8 Å². The van der Waals surface area contributed by atoms with E-state index in [-0.39, 0.29) is 0 Å². The van der Waals surface area contributed by atoms with E-state index in [4.69, 9.17) is 4.74 Å². The number of rotatable bonds is 3. The van der Waals surface area contributed by atoms with Crippen LogP contribution in [0.2, 0.25) is 0 Å². The molecule has 0 atom stereocenters. The van der Waals surface area contributed by atoms with Gasteiger partial charge < -0.3 is 4.74 Å². The number of hydrogen-bond acceptors (Lipinski definition) is 2. The normalized spacial score (nSPS) is 18.5. The third-order valence-corrected chi connectivity index (χ3v) is 2.88. The second-order valence-electron chi connectivity index (χ2n) is 2.76. The van der Waals surface area contributed by atoms with E-state index >= 15 is 0 Å². The molecule has 0 spiro atoms. The van der Waals surface area contributed by atoms with Gasteiger partial charge in [0, 0.05) is 13.7 Å². The molecule has 0 aliphatic carbocycles. The Bertz CT molecular complexity index is 124. The maximum atomic E-state index is 4.98. The van der Waals surface area contributed by atoms with Crippen LogP contribution < -0.4 is 0 Å². The largest absolute Gasteiger partial charge is 0.384 e. The highest BCUT2D eigenvalue weighted by atomic mass is 32.2. The monoisotopic (exact) mass is 172 g/mol. The van der Waals surface area contributed by atoms with Crippen LogP contribution in [0.25, 0.3) is 0 Å². The standard InChI is InChI=1S/C9H16OS/c1-10-6-2-3-9-4-7-11-8-5-9/h3H,2,4-8H2,1H3. The van der Waals surface area contributed by atoms with Crippen LogP contribution >= 0.6 is 11.8 Å². The lowest BCUT2D eigenvalue weighted by Gasteiger charge is -2.12. The summed E-state index contributed by atoms with van der Waals surface area (Å²) in [7, 11) is 1.76. The highest BCUT2D eigenvalue weighted by molar-refractivity contribution is 7.99. The van der Waals surface area contributed by atoms with Gasteiger partial charge in [0.15, 0.2) is 0 Å². The topological polar surface area (TPSA) is 9.23 Å². The number of ether oxygens (including phenoxy) is 1. The molecule has 1 rings (SSSR count). The summed E-state index contributed by atoms with van der Waals surface area (Å²) in [5, 5.41) is 0. The molecule has 0 saturated carbocycles. The van der Waals surface area contributed by atoms with Crippen molar-refractivity contribution < 1.29 is 4.74 Å². The molecule has 0 bridgehead atoms. The van der Waals surface area contributed by atoms with Crippen molar-refractivity contribution in [3.8, 4) is 0 Å². The van der Waals surface area contributed by atoms with Gasteiger partial charge in [-0.05, 0) is 30.8 Å². The zero-order valence-corrected chi connectivity index (χ0v) is 7.95. The fourth-order valence-corrected chi connectivity index (χ4v) is 2.24. The second-order valence-corrected chi connectivity index (χ2v) is 3.98. The second kappa shape index (κ2) is 5.67. The van der Waals surface area contributed by atoms with E-state index in [2.05, 4.69) is 17.8 Å². The highest BCUT2D eigenvalue weighted by Gasteiger charge is 2.03. The van der Waals surface area contributed by atoms with Gasteiger partial charge in [0.05, 0.1) is 0 Å². The molecule has 11 heavy (non-hydrogen) atoms. The van der Waals surface area contributed by atoms with Gasteiger partial charge in [-0.15, -0.1) is 0 Å². The maximum Gasteiger partial charge on any atom is 0.0496 e. The summed E-state index contributed by atoms with van der Waals surface area (Å²) in [5.41, 5.74) is 1.64. The van der Waals surface area contributed by atoms with E-state index in [1.54, 1.807) is 12.7 Å². The van der Waals surface area contributed by atoms with Gasteiger partial charge in [0.25, 0.3) is 0 Å². The van der Waals surface area contributed by atoms with E-state index in [1.165, 1.54) is 24.3 Å². The van der Waals surface area contributed by atoms with E-state index in [9.17, 15) is 0 Å². The molecule has 0 amide bonds. The molecule has 1 aliphatic rings. The third-order valence-electron chi connectivity index (χ3n) is 1.89. The summed E-state index contributed by atoms with van der Waals surface area (Å²) in [6, 6.07) is 0. The predicted octanol–water partition coefficient (Wildman–Crippen LogP) is 2.48. The van der Waals surface area contributed by atoms with Crippen LogP contribution in [0.3, 0.4) is 0 Å². The lowest BCUT2D eigenvalue weighted by Crippen LogP contribution is -1.98. The average molecular weight is 172 g/mol. The molecular weight excluding hydrogens is 156 g/mol. The molecule has 1 nitrogen and oxygen atoms in total. The van der Waals surface area contributed by atoms with Crippen molar-refractivity contribution in [1.29, 1.82) is 0 Å². The first-order valence-corrected chi connectivity index (χ1v) is 5.33. The Morgan fingerprint density at radius 1 is 1.45 bits per heavy atom. The van der Waals surface area contributed by atoms with Gasteiger partial charge in [0.1, 0.15) is 0 Å². The van der Waals surface area contributed by atoms with Gasteiger partial charge in [-0.3, -0.25) is 0 Å². The van der Waals surface area contributed by atoms with Crippen LogP contribution in [0.4, 0.5) is 0 Å². The van der Waals surface area contributed by atoms with Crippen LogP contribution in [0, 0.1) is 0 Å². The molecule has 2 heteroatoms. The molecule has 1 aliphatic heterocycles. The Labute approximate surface area is 73.2 Å². The Kier molecular flexibility index (Phi) is 4.71. The van der Waals surface area contributed by atoms with Gasteiger partial charge in [-0.2, -0.15) is 11.8 Å². The molecule has 64 valence electrons. The fraction of sp³-hybridized carbons (Fsp3) is 0.778. The van der Waals surface area contributed by atoms with E-state index in [0.29, 0.717) is 0 Å². The predicted molar refractivity (Wildman–Crippen MR) is 51.1 cm³/mol. The molecule has 0 aromatic rings. The summed E-state index contributed by atoms with van der Waals surface area (Å²) in [6.07, 6.45) is 6.04. The molecule has 0 aromatic heterocycles. The minimum Gasteiger partial charge on any atom is -0.384 e. The fourth-order valence-electron chi connectivity index (χ4n) is 1.22. The van der Waals surface area contributed by atoms with Gasteiger partial charge >= 0.3 is 0 Å². The van der Waals surface area contributed by atoms with Gasteiger partial charge in [-0.1, -0.05) is 11.6 Å². The zero-order chi connectivity index (χ0) is 7.94. The van der Waals surface area contributed by atoms with E-state index in [1.807, 2.05) is 0 Å². The Morgan fingerprint density at radius 3 is 2.82 bits per heavy atom. The summed E-state index contributed by atoms with van der Waals surface area (Å²) in [4.78, 5) is 0. The van der Waals surface area contributed by atoms with Crippen LogP contribution in [0.15, 0.2) is 11.6 Å². The van der Waals surface area contributed by atoms with Crippen LogP contribution in [-0.4, -0.2) is 25.2 Å². The minimum absolute atomic E-state index is 0.872. The molecule has 0 radical (unpaired) electrons. The van der Waals surface area contributed by atoms with Crippen LogP contribution in [0.1, 0.15) is 19.3 Å². The van der Waals surface area contributed by atoms with Crippen molar-refractivity contribution in [2.45, 2.75) is 19.3 Å². The molecule has 1 saturated heterocycles. The molecule has 0 unspecified atom stereocenters. The molecule has 1 heterocycles. The smallest absolute Gasteiger partial charge is 0.0496 e. The summed E-state index contributed by atoms with van der Waals surface area (Å²) in [5.74, 6) is 2.64. The van der Waals surface area contributed by atoms with Crippen molar-refractivity contribution in [3.63, 3.8) is 0 Å². The molecular formula is C9H16OS. The summed E-state index contributed by atoms with van der Waals surface area (Å²) in [6.45, 7) is 0.872. The molecule has 1 fully saturated rings. The first kappa shape index (κ1) is 9.14. The number of allylic oxidation sites excluding steroid dienone is 1. The first-order chi connectivity index (χ1) is 5.43. The van der Waals surface area contributed by atoms with Gasteiger partial charge in [-0.25, -0.2) is 0 Å². The number of thioether (sulfide) groups is 1. The van der Waals surface area contributed by atoms with E-state index < -0.39 is 0 Å². The van der Waals surface area contributed by atoms with Crippen LogP contribution in [-0.2, 0) is 4.74 Å². The zero-order valence-electron chi connectivity index (χ0n) is 7.14. The third kappa shape index (κ3) is 3.82. The number of hydrogen-bond donors (Lipinski definition) is 0.